The second-order valence-electron chi connectivity index (χ2n) is 7.59. The van der Waals surface area contributed by atoms with Crippen molar-refractivity contribution in [1.82, 2.24) is 10.2 Å². The van der Waals surface area contributed by atoms with Gasteiger partial charge in [0.25, 0.3) is 11.8 Å². The van der Waals surface area contributed by atoms with E-state index in [1.807, 2.05) is 0 Å². The molecule has 4 amide bonds. The van der Waals surface area contributed by atoms with Crippen LogP contribution in [0.15, 0.2) is 18.2 Å². The highest BCUT2D eigenvalue weighted by Gasteiger charge is 2.44. The van der Waals surface area contributed by atoms with Crippen molar-refractivity contribution in [1.29, 1.82) is 0 Å². The van der Waals surface area contributed by atoms with Crippen molar-refractivity contribution in [2.24, 2.45) is 11.1 Å². The van der Waals surface area contributed by atoms with E-state index in [4.69, 9.17) is 5.73 Å². The molecular weight excluding hydrogens is 348 g/mol. The number of carbonyl (C=O) groups is 4. The summed E-state index contributed by atoms with van der Waals surface area (Å²) in [4.78, 5) is 49.8. The number of hydrogen-bond donors (Lipinski definition) is 3. The van der Waals surface area contributed by atoms with Crippen LogP contribution in [0.3, 0.4) is 0 Å². The minimum Gasteiger partial charge on any atom is -0.385 e. The van der Waals surface area contributed by atoms with E-state index in [2.05, 4.69) is 10.6 Å². The number of hydrogen-bond acceptors (Lipinski definition) is 6. The lowest BCUT2D eigenvalue weighted by atomic mass is 10.0. The van der Waals surface area contributed by atoms with Crippen molar-refractivity contribution in [2.45, 2.75) is 38.1 Å². The fraction of sp³-hybridized carbons (Fsp3) is 0.474. The molecule has 8 heteroatoms. The molecule has 1 saturated heterocycles. The molecular formula is C19H22N4O4. The molecule has 142 valence electrons. The van der Waals surface area contributed by atoms with E-state index < -0.39 is 23.8 Å². The third-order valence-corrected chi connectivity index (χ3v) is 5.81. The number of carbonyl (C=O) groups excluding carboxylic acids is 4. The predicted molar refractivity (Wildman–Crippen MR) is 96.9 cm³/mol. The standard InChI is InChI=1S/C19H22N4O4/c20-10-19(5-6-19)7-8-21-11-1-2-12-13(9-11)18(27)23(17(12)26)14-3-4-15(24)22-16(14)25/h1-2,9,14,21H,3-8,10,20H2,(H,22,24,25). The van der Waals surface area contributed by atoms with Crippen LogP contribution >= 0.6 is 0 Å². The zero-order valence-corrected chi connectivity index (χ0v) is 14.9. The first-order valence-corrected chi connectivity index (χ1v) is 9.24. The SMILES string of the molecule is NCC1(CCNc2ccc3c(c2)C(=O)N(C2CCC(=O)NC2=O)C3=O)CC1. The second kappa shape index (κ2) is 6.45. The molecule has 4 rings (SSSR count). The highest BCUT2D eigenvalue weighted by molar-refractivity contribution is 6.23. The quantitative estimate of drug-likeness (QED) is 0.632. The summed E-state index contributed by atoms with van der Waals surface area (Å²) < 4.78 is 0. The van der Waals surface area contributed by atoms with Gasteiger partial charge >= 0.3 is 0 Å². The Bertz CT molecular complexity index is 846. The summed E-state index contributed by atoms with van der Waals surface area (Å²) in [6.07, 6.45) is 3.55. The Morgan fingerprint density at radius 2 is 1.89 bits per heavy atom. The third kappa shape index (κ3) is 3.10. The van der Waals surface area contributed by atoms with Crippen LogP contribution in [0.1, 0.15) is 52.8 Å². The summed E-state index contributed by atoms with van der Waals surface area (Å²) >= 11 is 0. The van der Waals surface area contributed by atoms with Crippen molar-refractivity contribution in [3.8, 4) is 0 Å². The van der Waals surface area contributed by atoms with E-state index in [1.165, 1.54) is 0 Å². The number of nitrogens with two attached hydrogens (primary N) is 1. The number of fused-ring (bicyclic) bond motifs is 1. The van der Waals surface area contributed by atoms with Gasteiger partial charge < -0.3 is 11.1 Å². The molecule has 0 radical (unpaired) electrons. The molecule has 2 aliphatic heterocycles. The Kier molecular flexibility index (Phi) is 4.22. The molecule has 3 aliphatic rings. The molecule has 27 heavy (non-hydrogen) atoms. The normalized spacial score (nSPS) is 23.3. The summed E-state index contributed by atoms with van der Waals surface area (Å²) in [6, 6.07) is 4.09. The van der Waals surface area contributed by atoms with Gasteiger partial charge in [0, 0.05) is 18.7 Å². The first kappa shape index (κ1) is 17.7. The Balaban J connectivity index is 1.48. The van der Waals surface area contributed by atoms with Gasteiger partial charge in [0.2, 0.25) is 11.8 Å². The molecule has 2 fully saturated rings. The molecule has 8 nitrogen and oxygen atoms in total. The second-order valence-corrected chi connectivity index (χ2v) is 7.59. The lowest BCUT2D eigenvalue weighted by Crippen LogP contribution is -2.54. The number of amides is 4. The number of imide groups is 2. The predicted octanol–water partition coefficient (Wildman–Crippen LogP) is 0.629. The number of nitrogens with zero attached hydrogens (tertiary/aromatic N) is 1. The van der Waals surface area contributed by atoms with Gasteiger partial charge in [0.05, 0.1) is 11.1 Å². The number of benzene rings is 1. The fourth-order valence-electron chi connectivity index (χ4n) is 3.79. The summed E-state index contributed by atoms with van der Waals surface area (Å²) in [5, 5.41) is 5.48. The van der Waals surface area contributed by atoms with E-state index in [0.29, 0.717) is 6.54 Å². The Labute approximate surface area is 156 Å². The minimum absolute atomic E-state index is 0.111. The number of rotatable bonds is 6. The van der Waals surface area contributed by atoms with Gasteiger partial charge in [-0.05, 0) is 55.8 Å². The molecule has 0 spiro atoms. The molecule has 0 aromatic heterocycles. The van der Waals surface area contributed by atoms with Crippen LogP contribution in [0, 0.1) is 5.41 Å². The van der Waals surface area contributed by atoms with E-state index in [0.717, 1.165) is 36.4 Å². The maximum absolute atomic E-state index is 12.8. The summed E-state index contributed by atoms with van der Waals surface area (Å²) in [5.41, 5.74) is 7.39. The smallest absolute Gasteiger partial charge is 0.262 e. The van der Waals surface area contributed by atoms with Gasteiger partial charge in [0.1, 0.15) is 6.04 Å². The molecule has 2 heterocycles. The van der Waals surface area contributed by atoms with Crippen molar-refractivity contribution in [3.63, 3.8) is 0 Å². The van der Waals surface area contributed by atoms with Gasteiger partial charge in [-0.3, -0.25) is 29.4 Å². The Morgan fingerprint density at radius 3 is 2.56 bits per heavy atom. The zero-order chi connectivity index (χ0) is 19.2. The molecule has 1 unspecified atom stereocenters. The summed E-state index contributed by atoms with van der Waals surface area (Å²) in [7, 11) is 0. The van der Waals surface area contributed by atoms with Crippen LogP contribution < -0.4 is 16.4 Å². The van der Waals surface area contributed by atoms with Gasteiger partial charge in [-0.1, -0.05) is 0 Å². The van der Waals surface area contributed by atoms with Crippen LogP contribution in [0.2, 0.25) is 0 Å². The average Bonchev–Trinajstić information content (AvgIpc) is 3.39. The van der Waals surface area contributed by atoms with Gasteiger partial charge in [-0.15, -0.1) is 0 Å². The van der Waals surface area contributed by atoms with E-state index in [9.17, 15) is 19.2 Å². The first-order chi connectivity index (χ1) is 12.9. The van der Waals surface area contributed by atoms with Gasteiger partial charge in [0.15, 0.2) is 0 Å². The number of piperidine rings is 1. The molecule has 4 N–H and O–H groups in total. The topological polar surface area (TPSA) is 122 Å². The van der Waals surface area contributed by atoms with Gasteiger partial charge in [-0.2, -0.15) is 0 Å². The zero-order valence-electron chi connectivity index (χ0n) is 14.9. The lowest BCUT2D eigenvalue weighted by Gasteiger charge is -2.27. The van der Waals surface area contributed by atoms with Crippen LogP contribution in [-0.4, -0.2) is 47.7 Å². The minimum atomic E-state index is -0.939. The monoisotopic (exact) mass is 370 g/mol. The van der Waals surface area contributed by atoms with Crippen molar-refractivity contribution < 1.29 is 19.2 Å². The van der Waals surface area contributed by atoms with Crippen LogP contribution in [0.5, 0.6) is 0 Å². The maximum Gasteiger partial charge on any atom is 0.262 e. The first-order valence-electron chi connectivity index (χ1n) is 9.24. The summed E-state index contributed by atoms with van der Waals surface area (Å²) in [6.45, 7) is 1.43. The van der Waals surface area contributed by atoms with Crippen LogP contribution in [-0.2, 0) is 9.59 Å². The highest BCUT2D eigenvalue weighted by atomic mass is 16.2. The van der Waals surface area contributed by atoms with Crippen LogP contribution in [0.25, 0.3) is 0 Å². The third-order valence-electron chi connectivity index (χ3n) is 5.81. The molecule has 1 atom stereocenters. The van der Waals surface area contributed by atoms with Crippen molar-refractivity contribution in [2.75, 3.05) is 18.4 Å². The molecule has 1 aromatic rings. The van der Waals surface area contributed by atoms with E-state index in [1.54, 1.807) is 18.2 Å². The largest absolute Gasteiger partial charge is 0.385 e. The van der Waals surface area contributed by atoms with Gasteiger partial charge in [-0.25, -0.2) is 0 Å². The Hall–Kier alpha value is -2.74. The summed E-state index contributed by atoms with van der Waals surface area (Å²) in [5.74, 6) is -1.97. The maximum atomic E-state index is 12.8. The molecule has 1 aliphatic carbocycles. The van der Waals surface area contributed by atoms with Crippen LogP contribution in [0.4, 0.5) is 5.69 Å². The van der Waals surface area contributed by atoms with Crippen molar-refractivity contribution in [3.05, 3.63) is 29.3 Å². The average molecular weight is 370 g/mol. The molecule has 0 bridgehead atoms. The molecule has 1 saturated carbocycles. The highest BCUT2D eigenvalue weighted by Crippen LogP contribution is 2.47. The lowest BCUT2D eigenvalue weighted by molar-refractivity contribution is -0.136. The molecule has 1 aromatic carbocycles. The van der Waals surface area contributed by atoms with E-state index in [-0.39, 0.29) is 35.3 Å². The fourth-order valence-corrected chi connectivity index (χ4v) is 3.79. The van der Waals surface area contributed by atoms with Crippen molar-refractivity contribution >= 4 is 29.3 Å². The Morgan fingerprint density at radius 1 is 1.15 bits per heavy atom. The number of nitrogens with one attached hydrogen (secondary N) is 2. The number of anilines is 1. The van der Waals surface area contributed by atoms with E-state index >= 15 is 0 Å².